The van der Waals surface area contributed by atoms with Crippen molar-refractivity contribution in [2.45, 2.75) is 26.1 Å². The summed E-state index contributed by atoms with van der Waals surface area (Å²) in [5.74, 6) is 0. The number of rotatable bonds is 6. The molecule has 0 aliphatic heterocycles. The average molecular weight is 295 g/mol. The Morgan fingerprint density at radius 1 is 1.18 bits per heavy atom. The van der Waals surface area contributed by atoms with Gasteiger partial charge >= 0.3 is 0 Å². The van der Waals surface area contributed by atoms with Gasteiger partial charge in [0, 0.05) is 31.4 Å². The molecule has 3 rings (SSSR count). The zero-order valence-electron chi connectivity index (χ0n) is 12.7. The Bertz CT molecular complexity index is 751. The summed E-state index contributed by atoms with van der Waals surface area (Å²) in [5, 5.41) is 20.2. The first kappa shape index (κ1) is 14.8. The van der Waals surface area contributed by atoms with Gasteiger partial charge in [0.25, 0.3) is 0 Å². The molecule has 0 radical (unpaired) electrons. The van der Waals surface area contributed by atoms with Gasteiger partial charge in [-0.25, -0.2) is 0 Å². The number of aryl methyl sites for hydroxylation is 1. The summed E-state index contributed by atoms with van der Waals surface area (Å²) in [6.07, 6.45) is 3.37. The molecule has 1 unspecified atom stereocenters. The van der Waals surface area contributed by atoms with Crippen molar-refractivity contribution in [3.63, 3.8) is 0 Å². The number of aliphatic hydroxyl groups is 1. The minimum Gasteiger partial charge on any atom is -0.387 e. The van der Waals surface area contributed by atoms with Crippen LogP contribution in [0.15, 0.2) is 54.9 Å². The van der Waals surface area contributed by atoms with Crippen LogP contribution in [0.3, 0.4) is 0 Å². The van der Waals surface area contributed by atoms with Crippen molar-refractivity contribution in [2.75, 3.05) is 6.54 Å². The molecule has 22 heavy (non-hydrogen) atoms. The van der Waals surface area contributed by atoms with Crippen molar-refractivity contribution in [1.29, 1.82) is 0 Å². The summed E-state index contributed by atoms with van der Waals surface area (Å²) in [7, 11) is 0. The van der Waals surface area contributed by atoms with Gasteiger partial charge in [-0.05, 0) is 29.3 Å². The molecule has 0 fully saturated rings. The van der Waals surface area contributed by atoms with Gasteiger partial charge in [-0.2, -0.15) is 5.10 Å². The van der Waals surface area contributed by atoms with Gasteiger partial charge in [-0.1, -0.05) is 36.4 Å². The Kier molecular flexibility index (Phi) is 4.51. The smallest absolute Gasteiger partial charge is 0.0914 e. The highest BCUT2D eigenvalue weighted by Crippen LogP contribution is 2.20. The molecule has 0 saturated heterocycles. The maximum atomic E-state index is 10.3. The van der Waals surface area contributed by atoms with Crippen LogP contribution in [-0.4, -0.2) is 21.4 Å². The van der Waals surface area contributed by atoms with Gasteiger partial charge in [-0.15, -0.1) is 0 Å². The summed E-state index contributed by atoms with van der Waals surface area (Å²) >= 11 is 0. The zero-order chi connectivity index (χ0) is 15.4. The minimum absolute atomic E-state index is 0.508. The Morgan fingerprint density at radius 2 is 2.00 bits per heavy atom. The van der Waals surface area contributed by atoms with Crippen molar-refractivity contribution in [1.82, 2.24) is 15.1 Å². The first-order valence-electron chi connectivity index (χ1n) is 7.65. The molecule has 114 valence electrons. The summed E-state index contributed by atoms with van der Waals surface area (Å²) in [6.45, 7) is 4.17. The van der Waals surface area contributed by atoms with E-state index >= 15 is 0 Å². The molecule has 4 nitrogen and oxygen atoms in total. The average Bonchev–Trinajstić information content (AvgIpc) is 3.02. The third kappa shape index (κ3) is 3.35. The lowest BCUT2D eigenvalue weighted by molar-refractivity contribution is 0.174. The Labute approximate surface area is 130 Å². The number of fused-ring (bicyclic) bond motifs is 1. The first-order chi connectivity index (χ1) is 10.8. The molecule has 1 heterocycles. The second-order valence-corrected chi connectivity index (χ2v) is 5.46. The number of benzene rings is 2. The van der Waals surface area contributed by atoms with Gasteiger partial charge in [0.15, 0.2) is 0 Å². The molecule has 0 amide bonds. The van der Waals surface area contributed by atoms with Crippen molar-refractivity contribution in [3.05, 3.63) is 66.0 Å². The molecule has 0 aliphatic carbocycles. The van der Waals surface area contributed by atoms with Crippen LogP contribution < -0.4 is 5.32 Å². The summed E-state index contributed by atoms with van der Waals surface area (Å²) in [5.41, 5.74) is 2.07. The predicted molar refractivity (Wildman–Crippen MR) is 88.5 cm³/mol. The van der Waals surface area contributed by atoms with E-state index in [0.717, 1.165) is 23.1 Å². The maximum absolute atomic E-state index is 10.3. The molecule has 0 aliphatic rings. The molecule has 2 aromatic carbocycles. The topological polar surface area (TPSA) is 50.1 Å². The van der Waals surface area contributed by atoms with E-state index in [4.69, 9.17) is 0 Å². The van der Waals surface area contributed by atoms with E-state index < -0.39 is 6.10 Å². The number of nitrogens with zero attached hydrogens (tertiary/aromatic N) is 2. The highest BCUT2D eigenvalue weighted by atomic mass is 16.3. The number of aliphatic hydroxyl groups excluding tert-OH is 1. The molecule has 0 bridgehead atoms. The van der Waals surface area contributed by atoms with Crippen LogP contribution in [0.25, 0.3) is 10.8 Å². The monoisotopic (exact) mass is 295 g/mol. The van der Waals surface area contributed by atoms with Gasteiger partial charge in [0.05, 0.1) is 12.3 Å². The molecule has 0 saturated carbocycles. The Balaban J connectivity index is 1.59. The molecular weight excluding hydrogens is 274 g/mol. The second-order valence-electron chi connectivity index (χ2n) is 5.46. The van der Waals surface area contributed by atoms with Crippen molar-refractivity contribution >= 4 is 10.8 Å². The second kappa shape index (κ2) is 6.73. The summed E-state index contributed by atoms with van der Waals surface area (Å²) in [6, 6.07) is 14.3. The first-order valence-corrected chi connectivity index (χ1v) is 7.65. The zero-order valence-corrected chi connectivity index (χ0v) is 12.7. The van der Waals surface area contributed by atoms with E-state index in [1.807, 2.05) is 35.3 Å². The number of nitrogens with one attached hydrogen (secondary N) is 1. The van der Waals surface area contributed by atoms with Crippen LogP contribution in [0, 0.1) is 0 Å². The number of aromatic nitrogens is 2. The highest BCUT2D eigenvalue weighted by Gasteiger charge is 2.08. The number of hydrogen-bond acceptors (Lipinski definition) is 3. The van der Waals surface area contributed by atoms with E-state index in [0.29, 0.717) is 13.1 Å². The predicted octanol–water partition coefficient (Wildman–Crippen LogP) is 2.88. The normalized spacial score (nSPS) is 12.6. The Morgan fingerprint density at radius 3 is 2.77 bits per heavy atom. The third-order valence-electron chi connectivity index (χ3n) is 3.84. The minimum atomic E-state index is -0.508. The van der Waals surface area contributed by atoms with Crippen LogP contribution in [-0.2, 0) is 13.1 Å². The van der Waals surface area contributed by atoms with E-state index in [-0.39, 0.29) is 0 Å². The lowest BCUT2D eigenvalue weighted by Gasteiger charge is -2.12. The molecule has 2 N–H and O–H groups in total. The van der Waals surface area contributed by atoms with E-state index in [1.165, 1.54) is 5.39 Å². The maximum Gasteiger partial charge on any atom is 0.0914 e. The fraction of sp³-hybridized carbons (Fsp3) is 0.278. The van der Waals surface area contributed by atoms with Gasteiger partial charge in [0.1, 0.15) is 0 Å². The third-order valence-corrected chi connectivity index (χ3v) is 3.84. The van der Waals surface area contributed by atoms with E-state index in [9.17, 15) is 5.11 Å². The summed E-state index contributed by atoms with van der Waals surface area (Å²) < 4.78 is 1.90. The van der Waals surface area contributed by atoms with Crippen molar-refractivity contribution in [3.8, 4) is 0 Å². The standard InChI is InChI=1S/C18H21N3O/c1-2-21-13-14(11-20-21)10-19-12-18(22)17-8-7-15-5-3-4-6-16(15)9-17/h3-9,11,13,18-19,22H,2,10,12H2,1H3. The van der Waals surface area contributed by atoms with Crippen LogP contribution in [0.2, 0.25) is 0 Å². The van der Waals surface area contributed by atoms with Crippen LogP contribution in [0.4, 0.5) is 0 Å². The SMILES string of the molecule is CCn1cc(CNCC(O)c2ccc3ccccc3c2)cn1. The fourth-order valence-electron chi connectivity index (χ4n) is 2.56. The van der Waals surface area contributed by atoms with Gasteiger partial charge in [-0.3, -0.25) is 4.68 Å². The largest absolute Gasteiger partial charge is 0.387 e. The quantitative estimate of drug-likeness (QED) is 0.735. The lowest BCUT2D eigenvalue weighted by Crippen LogP contribution is -2.20. The Hall–Kier alpha value is -2.17. The van der Waals surface area contributed by atoms with Gasteiger partial charge in [0.2, 0.25) is 0 Å². The van der Waals surface area contributed by atoms with Gasteiger partial charge < -0.3 is 10.4 Å². The van der Waals surface area contributed by atoms with Crippen molar-refractivity contribution in [2.24, 2.45) is 0 Å². The molecule has 0 spiro atoms. The molecule has 4 heteroatoms. The molecule has 1 aromatic heterocycles. The highest BCUT2D eigenvalue weighted by molar-refractivity contribution is 5.83. The van der Waals surface area contributed by atoms with Crippen LogP contribution in [0.5, 0.6) is 0 Å². The van der Waals surface area contributed by atoms with E-state index in [1.54, 1.807) is 0 Å². The summed E-state index contributed by atoms with van der Waals surface area (Å²) in [4.78, 5) is 0. The molecular formula is C18H21N3O. The molecule has 1 atom stereocenters. The van der Waals surface area contributed by atoms with Crippen LogP contribution in [0.1, 0.15) is 24.2 Å². The van der Waals surface area contributed by atoms with E-state index in [2.05, 4.69) is 41.6 Å². The lowest BCUT2D eigenvalue weighted by atomic mass is 10.0. The van der Waals surface area contributed by atoms with Crippen molar-refractivity contribution < 1.29 is 5.11 Å². The van der Waals surface area contributed by atoms with Crippen LogP contribution >= 0.6 is 0 Å². The molecule has 3 aromatic rings. The fourth-order valence-corrected chi connectivity index (χ4v) is 2.56. The number of hydrogen-bond donors (Lipinski definition) is 2.